The van der Waals surface area contributed by atoms with Crippen molar-refractivity contribution in [3.63, 3.8) is 0 Å². The van der Waals surface area contributed by atoms with Crippen LogP contribution in [0.25, 0.3) is 11.5 Å². The van der Waals surface area contributed by atoms with Crippen LogP contribution in [0.5, 0.6) is 5.88 Å². The van der Waals surface area contributed by atoms with Crippen LogP contribution in [0, 0.1) is 0 Å². The number of aromatic nitrogens is 6. The van der Waals surface area contributed by atoms with Gasteiger partial charge in [-0.25, -0.2) is 4.98 Å². The van der Waals surface area contributed by atoms with Crippen molar-refractivity contribution in [1.29, 1.82) is 0 Å². The number of hydrogen-bond donors (Lipinski definition) is 1. The lowest BCUT2D eigenvalue weighted by molar-refractivity contribution is 0.102. The van der Waals surface area contributed by atoms with Gasteiger partial charge in [0.15, 0.2) is 5.82 Å². The first kappa shape index (κ1) is 18.5. The Balaban J connectivity index is 1.84. The number of pyridine rings is 1. The maximum absolute atomic E-state index is 12.5. The quantitative estimate of drug-likeness (QED) is 0.671. The number of ether oxygens (including phenoxy) is 2. The molecule has 0 spiro atoms. The minimum Gasteiger partial charge on any atom is -0.479 e. The van der Waals surface area contributed by atoms with Crippen molar-refractivity contribution < 1.29 is 14.3 Å². The van der Waals surface area contributed by atoms with Crippen molar-refractivity contribution in [2.45, 2.75) is 13.0 Å². The fourth-order valence-electron chi connectivity index (χ4n) is 2.66. The molecule has 10 nitrogen and oxygen atoms in total. The van der Waals surface area contributed by atoms with E-state index in [-0.39, 0.29) is 17.8 Å². The summed E-state index contributed by atoms with van der Waals surface area (Å²) in [4.78, 5) is 17.0. The molecule has 0 aliphatic carbocycles. The van der Waals surface area contributed by atoms with Crippen molar-refractivity contribution in [2.24, 2.45) is 7.05 Å². The average molecular weight is 371 g/mol. The van der Waals surface area contributed by atoms with E-state index in [9.17, 15) is 4.79 Å². The largest absolute Gasteiger partial charge is 0.479 e. The number of rotatable bonds is 7. The van der Waals surface area contributed by atoms with Gasteiger partial charge in [0.05, 0.1) is 19.8 Å². The van der Waals surface area contributed by atoms with Crippen LogP contribution in [-0.2, 0) is 11.8 Å². The summed E-state index contributed by atoms with van der Waals surface area (Å²) in [5.74, 6) is 0.866. The van der Waals surface area contributed by atoms with Gasteiger partial charge >= 0.3 is 0 Å². The maximum atomic E-state index is 12.5. The maximum Gasteiger partial charge on any atom is 0.263 e. The minimum atomic E-state index is -0.362. The van der Waals surface area contributed by atoms with E-state index in [2.05, 4.69) is 25.6 Å². The highest BCUT2D eigenvalue weighted by atomic mass is 16.5. The minimum absolute atomic E-state index is 0.0414. The molecule has 1 N–H and O–H groups in total. The highest BCUT2D eigenvalue weighted by molar-refractivity contribution is 6.05. The van der Waals surface area contributed by atoms with Gasteiger partial charge in [0.2, 0.25) is 5.88 Å². The lowest BCUT2D eigenvalue weighted by Gasteiger charge is -2.14. The molecule has 3 aromatic heterocycles. The smallest absolute Gasteiger partial charge is 0.263 e. The van der Waals surface area contributed by atoms with Crippen LogP contribution in [0.3, 0.4) is 0 Å². The Labute approximate surface area is 156 Å². The standard InChI is InChI=1S/C17H21N7O3/c1-11(9-26-3)24-10-18-21-15(24)13-6-5-7-14(19-13)20-16(25)12-8-23(2)22-17(12)27-4/h5-8,10-11H,9H2,1-4H3,(H,19,20,25)/t11-/m0/s1. The highest BCUT2D eigenvalue weighted by Crippen LogP contribution is 2.21. The predicted octanol–water partition coefficient (Wildman–Crippen LogP) is 1.54. The van der Waals surface area contributed by atoms with Gasteiger partial charge in [-0.2, -0.15) is 0 Å². The van der Waals surface area contributed by atoms with Crippen LogP contribution >= 0.6 is 0 Å². The Kier molecular flexibility index (Phi) is 5.46. The van der Waals surface area contributed by atoms with E-state index >= 15 is 0 Å². The van der Waals surface area contributed by atoms with Gasteiger partial charge in [0.25, 0.3) is 5.91 Å². The lowest BCUT2D eigenvalue weighted by atomic mass is 10.3. The predicted molar refractivity (Wildman–Crippen MR) is 97.6 cm³/mol. The summed E-state index contributed by atoms with van der Waals surface area (Å²) in [6.45, 7) is 2.51. The van der Waals surface area contributed by atoms with Crippen molar-refractivity contribution in [2.75, 3.05) is 26.1 Å². The molecule has 3 aromatic rings. The monoisotopic (exact) mass is 371 g/mol. The normalized spacial score (nSPS) is 12.0. The Bertz CT molecular complexity index is 934. The number of nitrogens with one attached hydrogen (secondary N) is 1. The SMILES string of the molecule is COC[C@H](C)n1cnnc1-c1cccc(NC(=O)c2cn(C)nc2OC)n1. The Hall–Kier alpha value is -3.27. The molecule has 0 unspecified atom stereocenters. The van der Waals surface area contributed by atoms with Gasteiger partial charge in [-0.1, -0.05) is 6.07 Å². The van der Waals surface area contributed by atoms with Crippen LogP contribution in [0.1, 0.15) is 23.3 Å². The second-order valence-corrected chi connectivity index (χ2v) is 5.95. The van der Waals surface area contributed by atoms with E-state index in [1.807, 2.05) is 11.5 Å². The lowest BCUT2D eigenvalue weighted by Crippen LogP contribution is -2.14. The van der Waals surface area contributed by atoms with Gasteiger partial charge in [-0.15, -0.1) is 15.3 Å². The molecule has 0 saturated heterocycles. The second-order valence-electron chi connectivity index (χ2n) is 5.95. The van der Waals surface area contributed by atoms with Crippen molar-refractivity contribution in [3.05, 3.63) is 36.3 Å². The first-order chi connectivity index (χ1) is 13.0. The number of aryl methyl sites for hydroxylation is 1. The van der Waals surface area contributed by atoms with Crippen LogP contribution in [0.2, 0.25) is 0 Å². The topological polar surface area (TPSA) is 109 Å². The molecule has 0 saturated carbocycles. The molecule has 0 aliphatic heterocycles. The number of hydrogen-bond acceptors (Lipinski definition) is 7. The molecule has 3 heterocycles. The molecule has 1 amide bonds. The Morgan fingerprint density at radius 3 is 2.89 bits per heavy atom. The summed E-state index contributed by atoms with van der Waals surface area (Å²) >= 11 is 0. The molecule has 0 aromatic carbocycles. The Morgan fingerprint density at radius 1 is 1.33 bits per heavy atom. The summed E-state index contributed by atoms with van der Waals surface area (Å²) in [6.07, 6.45) is 3.22. The van der Waals surface area contributed by atoms with E-state index < -0.39 is 0 Å². The third kappa shape index (κ3) is 3.95. The summed E-state index contributed by atoms with van der Waals surface area (Å²) in [5.41, 5.74) is 0.912. The van der Waals surface area contributed by atoms with E-state index in [1.54, 1.807) is 44.9 Å². The molecule has 27 heavy (non-hydrogen) atoms. The first-order valence-corrected chi connectivity index (χ1v) is 8.28. The molecular weight excluding hydrogens is 350 g/mol. The Morgan fingerprint density at radius 2 is 2.15 bits per heavy atom. The molecular formula is C17H21N7O3. The summed E-state index contributed by atoms with van der Waals surface area (Å²) < 4.78 is 13.7. The van der Waals surface area contributed by atoms with Crippen molar-refractivity contribution in [1.82, 2.24) is 29.5 Å². The zero-order chi connectivity index (χ0) is 19.4. The van der Waals surface area contributed by atoms with Gasteiger partial charge < -0.3 is 19.4 Å². The number of anilines is 1. The van der Waals surface area contributed by atoms with Gasteiger partial charge in [0.1, 0.15) is 23.4 Å². The molecule has 10 heteroatoms. The van der Waals surface area contributed by atoms with Gasteiger partial charge in [-0.05, 0) is 19.1 Å². The van der Waals surface area contributed by atoms with Crippen LogP contribution < -0.4 is 10.1 Å². The van der Waals surface area contributed by atoms with Crippen LogP contribution in [-0.4, -0.2) is 56.3 Å². The number of carbonyl (C=O) groups excluding carboxylic acids is 1. The first-order valence-electron chi connectivity index (χ1n) is 8.28. The fraction of sp³-hybridized carbons (Fsp3) is 0.353. The summed E-state index contributed by atoms with van der Waals surface area (Å²) in [6, 6.07) is 5.34. The van der Waals surface area contributed by atoms with E-state index in [1.165, 1.54) is 11.8 Å². The van der Waals surface area contributed by atoms with Crippen LogP contribution in [0.15, 0.2) is 30.7 Å². The van der Waals surface area contributed by atoms with Gasteiger partial charge in [0, 0.05) is 20.4 Å². The molecule has 0 aliphatic rings. The molecule has 1 atom stereocenters. The highest BCUT2D eigenvalue weighted by Gasteiger charge is 2.18. The molecule has 0 fully saturated rings. The van der Waals surface area contributed by atoms with E-state index in [0.29, 0.717) is 29.5 Å². The van der Waals surface area contributed by atoms with E-state index in [0.717, 1.165) is 0 Å². The average Bonchev–Trinajstić information content (AvgIpc) is 3.28. The fourth-order valence-corrected chi connectivity index (χ4v) is 2.66. The third-order valence-corrected chi connectivity index (χ3v) is 3.91. The number of nitrogens with zero attached hydrogens (tertiary/aromatic N) is 6. The number of methoxy groups -OCH3 is 2. The zero-order valence-corrected chi connectivity index (χ0v) is 15.6. The third-order valence-electron chi connectivity index (χ3n) is 3.91. The molecule has 0 radical (unpaired) electrons. The molecule has 0 bridgehead atoms. The zero-order valence-electron chi connectivity index (χ0n) is 15.6. The summed E-state index contributed by atoms with van der Waals surface area (Å²) in [7, 11) is 4.82. The van der Waals surface area contributed by atoms with Gasteiger partial charge in [-0.3, -0.25) is 9.48 Å². The number of amides is 1. The summed E-state index contributed by atoms with van der Waals surface area (Å²) in [5, 5.41) is 15.0. The van der Waals surface area contributed by atoms with Crippen molar-refractivity contribution in [3.8, 4) is 17.4 Å². The molecule has 3 rings (SSSR count). The van der Waals surface area contributed by atoms with E-state index in [4.69, 9.17) is 9.47 Å². The van der Waals surface area contributed by atoms with Crippen LogP contribution in [0.4, 0.5) is 5.82 Å². The number of carbonyl (C=O) groups is 1. The van der Waals surface area contributed by atoms with Crippen molar-refractivity contribution >= 4 is 11.7 Å². The second kappa shape index (κ2) is 7.96. The molecule has 142 valence electrons.